The van der Waals surface area contributed by atoms with Gasteiger partial charge in [0.05, 0.1) is 24.8 Å². The van der Waals surface area contributed by atoms with Crippen molar-refractivity contribution >= 4 is 27.5 Å². The fourth-order valence-corrected chi connectivity index (χ4v) is 5.15. The third-order valence-corrected chi connectivity index (χ3v) is 7.68. The number of anilines is 1. The van der Waals surface area contributed by atoms with Gasteiger partial charge in [-0.15, -0.1) is 0 Å². The quantitative estimate of drug-likeness (QED) is 0.413. The molecule has 3 aromatic rings. The number of amides is 2. The number of nitrogens with one attached hydrogen (secondary N) is 1. The zero-order valence-electron chi connectivity index (χ0n) is 21.2. The Labute approximate surface area is 217 Å². The number of methoxy groups -OCH3 is 2. The van der Waals surface area contributed by atoms with E-state index in [1.165, 1.54) is 31.2 Å². The minimum atomic E-state index is -4.11. The molecule has 3 aromatic carbocycles. The van der Waals surface area contributed by atoms with Gasteiger partial charge < -0.3 is 19.7 Å². The van der Waals surface area contributed by atoms with Crippen LogP contribution in [0.25, 0.3) is 0 Å². The summed E-state index contributed by atoms with van der Waals surface area (Å²) in [6.07, 6.45) is 0. The Morgan fingerprint density at radius 3 is 1.92 bits per heavy atom. The summed E-state index contributed by atoms with van der Waals surface area (Å²) in [4.78, 5) is 27.6. The largest absolute Gasteiger partial charge is 0.497 e. The molecular formula is C27H31N3O6S. The molecule has 0 aliphatic carbocycles. The first-order valence-electron chi connectivity index (χ1n) is 11.6. The van der Waals surface area contributed by atoms with E-state index >= 15 is 0 Å². The molecule has 0 aliphatic heterocycles. The summed E-state index contributed by atoms with van der Waals surface area (Å²) in [5.41, 5.74) is 1.04. The molecule has 1 atom stereocenters. The number of carbonyl (C=O) groups is 2. The van der Waals surface area contributed by atoms with Gasteiger partial charge in [-0.3, -0.25) is 13.9 Å². The summed E-state index contributed by atoms with van der Waals surface area (Å²) in [5, 5.41) is 2.56. The van der Waals surface area contributed by atoms with E-state index < -0.39 is 28.5 Å². The molecule has 0 aromatic heterocycles. The lowest BCUT2D eigenvalue weighted by Crippen LogP contribution is -2.50. The molecule has 37 heavy (non-hydrogen) atoms. The molecule has 196 valence electrons. The highest BCUT2D eigenvalue weighted by Gasteiger charge is 2.32. The summed E-state index contributed by atoms with van der Waals surface area (Å²) in [6, 6.07) is 20.5. The number of hydrogen-bond donors (Lipinski definition) is 1. The molecule has 0 heterocycles. The van der Waals surface area contributed by atoms with Crippen molar-refractivity contribution in [3.05, 3.63) is 84.4 Å². The smallest absolute Gasteiger partial charge is 0.264 e. The molecule has 2 amide bonds. The predicted molar refractivity (Wildman–Crippen MR) is 141 cm³/mol. The standard InChI is InChI=1S/C27H31N3O6S/c1-20(27(32)28-2)29(18-21-10-14-23(35-3)15-11-21)26(31)19-30(22-12-16-24(36-4)17-13-22)37(33,34)25-8-6-5-7-9-25/h5-17,20H,18-19H2,1-4H3,(H,28,32)/t20-/m1/s1. The number of likely N-dealkylation sites (N-methyl/N-ethyl adjacent to an activating group) is 1. The van der Waals surface area contributed by atoms with Crippen molar-refractivity contribution in [3.63, 3.8) is 0 Å². The number of ether oxygens (including phenoxy) is 2. The maximum Gasteiger partial charge on any atom is 0.264 e. The first-order chi connectivity index (χ1) is 17.7. The van der Waals surface area contributed by atoms with Crippen LogP contribution < -0.4 is 19.1 Å². The van der Waals surface area contributed by atoms with Crippen LogP contribution in [0.3, 0.4) is 0 Å². The van der Waals surface area contributed by atoms with Gasteiger partial charge in [0, 0.05) is 13.6 Å². The number of nitrogens with zero attached hydrogens (tertiary/aromatic N) is 2. The summed E-state index contributed by atoms with van der Waals surface area (Å²) in [5.74, 6) is 0.285. The summed E-state index contributed by atoms with van der Waals surface area (Å²) < 4.78 is 38.8. The van der Waals surface area contributed by atoms with E-state index in [1.807, 2.05) is 0 Å². The van der Waals surface area contributed by atoms with Crippen molar-refractivity contribution in [1.82, 2.24) is 10.2 Å². The van der Waals surface area contributed by atoms with E-state index in [2.05, 4.69) is 5.32 Å². The lowest BCUT2D eigenvalue weighted by atomic mass is 10.1. The molecular weight excluding hydrogens is 494 g/mol. The summed E-state index contributed by atoms with van der Waals surface area (Å²) in [7, 11) is 0.440. The number of benzene rings is 3. The topological polar surface area (TPSA) is 105 Å². The van der Waals surface area contributed by atoms with E-state index in [1.54, 1.807) is 80.8 Å². The van der Waals surface area contributed by atoms with Crippen LogP contribution in [0, 0.1) is 0 Å². The predicted octanol–water partition coefficient (Wildman–Crippen LogP) is 3.06. The Balaban J connectivity index is 2.00. The Hall–Kier alpha value is -4.05. The van der Waals surface area contributed by atoms with Gasteiger partial charge in [0.2, 0.25) is 11.8 Å². The second-order valence-electron chi connectivity index (χ2n) is 8.18. The molecule has 0 spiro atoms. The first kappa shape index (κ1) is 27.5. The molecule has 0 saturated carbocycles. The van der Waals surface area contributed by atoms with Crippen molar-refractivity contribution in [3.8, 4) is 11.5 Å². The third kappa shape index (κ3) is 6.59. The van der Waals surface area contributed by atoms with Gasteiger partial charge in [-0.25, -0.2) is 8.42 Å². The molecule has 0 aliphatic rings. The monoisotopic (exact) mass is 525 g/mol. The average molecular weight is 526 g/mol. The van der Waals surface area contributed by atoms with Crippen molar-refractivity contribution < 1.29 is 27.5 Å². The molecule has 10 heteroatoms. The second-order valence-corrected chi connectivity index (χ2v) is 10.0. The van der Waals surface area contributed by atoms with Gasteiger partial charge in [-0.05, 0) is 61.0 Å². The van der Waals surface area contributed by atoms with Crippen LogP contribution in [0.5, 0.6) is 11.5 Å². The van der Waals surface area contributed by atoms with E-state index in [0.717, 1.165) is 9.87 Å². The third-order valence-electron chi connectivity index (χ3n) is 5.90. The zero-order chi connectivity index (χ0) is 27.0. The van der Waals surface area contributed by atoms with Gasteiger partial charge in [-0.2, -0.15) is 0 Å². The van der Waals surface area contributed by atoms with E-state index in [4.69, 9.17) is 9.47 Å². The Morgan fingerprint density at radius 1 is 0.865 bits per heavy atom. The minimum Gasteiger partial charge on any atom is -0.497 e. The van der Waals surface area contributed by atoms with E-state index in [0.29, 0.717) is 11.5 Å². The molecule has 3 rings (SSSR count). The van der Waals surface area contributed by atoms with Gasteiger partial charge in [-0.1, -0.05) is 30.3 Å². The Morgan fingerprint density at radius 2 is 1.41 bits per heavy atom. The lowest BCUT2D eigenvalue weighted by molar-refractivity contribution is -0.139. The lowest BCUT2D eigenvalue weighted by Gasteiger charge is -2.31. The van der Waals surface area contributed by atoms with Gasteiger partial charge in [0.15, 0.2) is 0 Å². The number of carbonyl (C=O) groups excluding carboxylic acids is 2. The molecule has 0 unspecified atom stereocenters. The van der Waals surface area contributed by atoms with Crippen LogP contribution >= 0.6 is 0 Å². The van der Waals surface area contributed by atoms with Crippen LogP contribution in [0.1, 0.15) is 12.5 Å². The van der Waals surface area contributed by atoms with E-state index in [-0.39, 0.29) is 23.0 Å². The van der Waals surface area contributed by atoms with Crippen LogP contribution in [-0.4, -0.2) is 59.0 Å². The molecule has 0 radical (unpaired) electrons. The van der Waals surface area contributed by atoms with Crippen LogP contribution in [-0.2, 0) is 26.2 Å². The highest BCUT2D eigenvalue weighted by molar-refractivity contribution is 7.92. The van der Waals surface area contributed by atoms with Crippen molar-refractivity contribution in [2.75, 3.05) is 32.1 Å². The maximum atomic E-state index is 13.7. The van der Waals surface area contributed by atoms with E-state index in [9.17, 15) is 18.0 Å². The minimum absolute atomic E-state index is 0.0414. The van der Waals surface area contributed by atoms with Gasteiger partial charge in [0.25, 0.3) is 10.0 Å². The number of hydrogen-bond acceptors (Lipinski definition) is 6. The molecule has 0 saturated heterocycles. The van der Waals surface area contributed by atoms with Crippen LogP contribution in [0.4, 0.5) is 5.69 Å². The van der Waals surface area contributed by atoms with Crippen LogP contribution in [0.2, 0.25) is 0 Å². The van der Waals surface area contributed by atoms with Crippen molar-refractivity contribution in [2.24, 2.45) is 0 Å². The fraction of sp³-hybridized carbons (Fsp3) is 0.259. The average Bonchev–Trinajstić information content (AvgIpc) is 2.94. The Bertz CT molecular complexity index is 1300. The SMILES string of the molecule is CNC(=O)[C@@H](C)N(Cc1ccc(OC)cc1)C(=O)CN(c1ccc(OC)cc1)S(=O)(=O)c1ccccc1. The number of rotatable bonds is 11. The van der Waals surface area contributed by atoms with Gasteiger partial charge >= 0.3 is 0 Å². The van der Waals surface area contributed by atoms with Crippen molar-refractivity contribution in [2.45, 2.75) is 24.4 Å². The van der Waals surface area contributed by atoms with Crippen LogP contribution in [0.15, 0.2) is 83.8 Å². The highest BCUT2D eigenvalue weighted by Crippen LogP contribution is 2.26. The highest BCUT2D eigenvalue weighted by atomic mass is 32.2. The first-order valence-corrected chi connectivity index (χ1v) is 13.0. The Kier molecular flexibility index (Phi) is 9.13. The van der Waals surface area contributed by atoms with Crippen molar-refractivity contribution in [1.29, 1.82) is 0 Å². The molecule has 9 nitrogen and oxygen atoms in total. The van der Waals surface area contributed by atoms with Gasteiger partial charge in [0.1, 0.15) is 24.1 Å². The molecule has 0 bridgehead atoms. The maximum absolute atomic E-state index is 13.7. The normalized spacial score (nSPS) is 11.8. The number of sulfonamides is 1. The zero-order valence-corrected chi connectivity index (χ0v) is 22.1. The summed E-state index contributed by atoms with van der Waals surface area (Å²) >= 11 is 0. The molecule has 0 fully saturated rings. The molecule has 1 N–H and O–H groups in total. The second kappa shape index (κ2) is 12.3. The fourth-order valence-electron chi connectivity index (χ4n) is 3.72. The summed E-state index contributed by atoms with van der Waals surface area (Å²) in [6.45, 7) is 1.18.